The molecule has 0 unspecified atom stereocenters. The van der Waals surface area contributed by atoms with E-state index in [1.54, 1.807) is 11.3 Å². The van der Waals surface area contributed by atoms with Crippen molar-refractivity contribution >= 4 is 17.2 Å². The Morgan fingerprint density at radius 2 is 1.48 bits per heavy atom. The molecule has 1 fully saturated rings. The van der Waals surface area contributed by atoms with Gasteiger partial charge in [-0.3, -0.25) is 9.69 Å². The fourth-order valence-corrected chi connectivity index (χ4v) is 6.36. The first-order valence-corrected chi connectivity index (χ1v) is 15.4. The van der Waals surface area contributed by atoms with E-state index in [1.807, 2.05) is 10.3 Å². The molecule has 0 radical (unpaired) electrons. The SMILES string of the molecule is CC(C)(C)c1ccc(CN(CCC(c2ccccc2)c2ccccc2)Cc2nc(C(=O)N3CCCC3)cs2)cc1. The van der Waals surface area contributed by atoms with Crippen molar-refractivity contribution in [3.63, 3.8) is 0 Å². The van der Waals surface area contributed by atoms with E-state index in [4.69, 9.17) is 4.98 Å². The van der Waals surface area contributed by atoms with Gasteiger partial charge < -0.3 is 4.90 Å². The monoisotopic (exact) mass is 551 g/mol. The molecule has 0 atom stereocenters. The molecule has 1 aromatic heterocycles. The highest BCUT2D eigenvalue weighted by molar-refractivity contribution is 7.09. The molecule has 0 aliphatic carbocycles. The fraction of sp³-hybridized carbons (Fsp3) is 0.371. The van der Waals surface area contributed by atoms with Crippen molar-refractivity contribution in [2.75, 3.05) is 19.6 Å². The van der Waals surface area contributed by atoms with Crippen LogP contribution in [0.1, 0.15) is 83.7 Å². The maximum Gasteiger partial charge on any atom is 0.273 e. The Hall–Kier alpha value is -3.28. The van der Waals surface area contributed by atoms with Crippen LogP contribution >= 0.6 is 11.3 Å². The third-order valence-corrected chi connectivity index (χ3v) is 8.72. The summed E-state index contributed by atoms with van der Waals surface area (Å²) in [6.45, 7) is 11.0. The molecule has 0 N–H and O–H groups in total. The number of rotatable bonds is 10. The zero-order valence-corrected chi connectivity index (χ0v) is 24.9. The molecular formula is C35H41N3OS. The summed E-state index contributed by atoms with van der Waals surface area (Å²) in [7, 11) is 0. The van der Waals surface area contributed by atoms with Gasteiger partial charge in [0.15, 0.2) is 0 Å². The van der Waals surface area contributed by atoms with Crippen molar-refractivity contribution in [2.45, 2.75) is 64.5 Å². The number of hydrogen-bond acceptors (Lipinski definition) is 4. The normalized spacial score (nSPS) is 13.9. The maximum atomic E-state index is 12.9. The van der Waals surface area contributed by atoms with E-state index >= 15 is 0 Å². The summed E-state index contributed by atoms with van der Waals surface area (Å²) in [6.07, 6.45) is 3.18. The topological polar surface area (TPSA) is 36.4 Å². The van der Waals surface area contributed by atoms with Crippen LogP contribution in [0.4, 0.5) is 0 Å². The van der Waals surface area contributed by atoms with Gasteiger partial charge in [-0.2, -0.15) is 0 Å². The van der Waals surface area contributed by atoms with E-state index in [0.29, 0.717) is 11.6 Å². The number of benzene rings is 3. The highest BCUT2D eigenvalue weighted by atomic mass is 32.1. The first-order chi connectivity index (χ1) is 19.4. The highest BCUT2D eigenvalue weighted by Crippen LogP contribution is 2.29. The molecule has 40 heavy (non-hydrogen) atoms. The minimum absolute atomic E-state index is 0.0811. The lowest BCUT2D eigenvalue weighted by atomic mass is 9.86. The Bertz CT molecular complexity index is 1310. The molecule has 208 valence electrons. The Morgan fingerprint density at radius 3 is 2.05 bits per heavy atom. The average Bonchev–Trinajstić information content (AvgIpc) is 3.67. The average molecular weight is 552 g/mol. The zero-order chi connectivity index (χ0) is 28.0. The molecule has 2 heterocycles. The Kier molecular flexibility index (Phi) is 9.13. The van der Waals surface area contributed by atoms with Crippen LogP contribution in [0.2, 0.25) is 0 Å². The van der Waals surface area contributed by atoms with Crippen molar-refractivity contribution < 1.29 is 4.79 Å². The predicted octanol–water partition coefficient (Wildman–Crippen LogP) is 7.90. The van der Waals surface area contributed by atoms with Gasteiger partial charge in [-0.05, 0) is 53.5 Å². The standard InChI is InChI=1S/C35H41N3OS/c1-35(2,3)30-18-16-27(17-19-30)24-37(25-33-36-32(26-40-33)34(39)38-21-10-11-22-38)23-20-31(28-12-6-4-7-13-28)29-14-8-5-9-15-29/h4-9,12-19,26,31H,10-11,20-25H2,1-3H3. The van der Waals surface area contributed by atoms with Crippen molar-refractivity contribution in [1.82, 2.24) is 14.8 Å². The molecule has 1 amide bonds. The highest BCUT2D eigenvalue weighted by Gasteiger charge is 2.23. The number of thiazole rings is 1. The maximum absolute atomic E-state index is 12.9. The van der Waals surface area contributed by atoms with Gasteiger partial charge >= 0.3 is 0 Å². The Balaban J connectivity index is 1.36. The number of aromatic nitrogens is 1. The molecular weight excluding hydrogens is 510 g/mol. The third kappa shape index (κ3) is 7.26. The van der Waals surface area contributed by atoms with Gasteiger partial charge in [0.2, 0.25) is 0 Å². The first kappa shape index (κ1) is 28.3. The van der Waals surface area contributed by atoms with Crippen LogP contribution in [-0.2, 0) is 18.5 Å². The van der Waals surface area contributed by atoms with Gasteiger partial charge in [0.1, 0.15) is 10.7 Å². The number of amides is 1. The van der Waals surface area contributed by atoms with Crippen LogP contribution < -0.4 is 0 Å². The molecule has 5 rings (SSSR count). The minimum Gasteiger partial charge on any atom is -0.337 e. The van der Waals surface area contributed by atoms with Gasteiger partial charge in [-0.1, -0.05) is 106 Å². The van der Waals surface area contributed by atoms with E-state index in [2.05, 4.69) is 111 Å². The van der Waals surface area contributed by atoms with E-state index < -0.39 is 0 Å². The molecule has 3 aromatic carbocycles. The van der Waals surface area contributed by atoms with Crippen LogP contribution in [0.25, 0.3) is 0 Å². The van der Waals surface area contributed by atoms with Crippen LogP contribution in [0.3, 0.4) is 0 Å². The van der Waals surface area contributed by atoms with Gasteiger partial charge in [-0.15, -0.1) is 11.3 Å². The summed E-state index contributed by atoms with van der Waals surface area (Å²) in [4.78, 5) is 22.2. The molecule has 5 heteroatoms. The van der Waals surface area contributed by atoms with Crippen molar-refractivity contribution in [3.05, 3.63) is 123 Å². The number of carbonyl (C=O) groups is 1. The first-order valence-electron chi connectivity index (χ1n) is 14.5. The summed E-state index contributed by atoms with van der Waals surface area (Å²) >= 11 is 1.61. The molecule has 1 saturated heterocycles. The van der Waals surface area contributed by atoms with Gasteiger partial charge in [0, 0.05) is 30.9 Å². The van der Waals surface area contributed by atoms with Crippen LogP contribution in [0.15, 0.2) is 90.3 Å². The van der Waals surface area contributed by atoms with Crippen molar-refractivity contribution in [3.8, 4) is 0 Å². The summed E-state index contributed by atoms with van der Waals surface area (Å²) in [5.41, 5.74) is 6.07. The molecule has 4 aromatic rings. The van der Waals surface area contributed by atoms with Crippen LogP contribution in [-0.4, -0.2) is 40.3 Å². The molecule has 0 spiro atoms. The lowest BCUT2D eigenvalue weighted by Gasteiger charge is -2.26. The largest absolute Gasteiger partial charge is 0.337 e. The van der Waals surface area contributed by atoms with E-state index in [-0.39, 0.29) is 11.3 Å². The minimum atomic E-state index is 0.0811. The second-order valence-corrected chi connectivity index (χ2v) is 12.9. The Labute approximate surface area is 243 Å². The number of hydrogen-bond donors (Lipinski definition) is 0. The number of nitrogens with zero attached hydrogens (tertiary/aromatic N) is 3. The number of carbonyl (C=O) groups excluding carboxylic acids is 1. The molecule has 1 aliphatic heterocycles. The molecule has 0 bridgehead atoms. The van der Waals surface area contributed by atoms with Crippen molar-refractivity contribution in [2.24, 2.45) is 0 Å². The van der Waals surface area contributed by atoms with E-state index in [9.17, 15) is 4.79 Å². The van der Waals surface area contributed by atoms with E-state index in [0.717, 1.165) is 57.0 Å². The fourth-order valence-electron chi connectivity index (χ4n) is 5.55. The number of likely N-dealkylation sites (tertiary alicyclic amines) is 1. The van der Waals surface area contributed by atoms with Crippen LogP contribution in [0, 0.1) is 0 Å². The van der Waals surface area contributed by atoms with Gasteiger partial charge in [-0.25, -0.2) is 4.98 Å². The zero-order valence-electron chi connectivity index (χ0n) is 24.1. The van der Waals surface area contributed by atoms with Crippen molar-refractivity contribution in [1.29, 1.82) is 0 Å². The predicted molar refractivity (Wildman–Crippen MR) is 166 cm³/mol. The Morgan fingerprint density at radius 1 is 0.875 bits per heavy atom. The quantitative estimate of drug-likeness (QED) is 0.201. The van der Waals surface area contributed by atoms with Gasteiger partial charge in [0.05, 0.1) is 6.54 Å². The summed E-state index contributed by atoms with van der Waals surface area (Å²) in [6, 6.07) is 30.7. The summed E-state index contributed by atoms with van der Waals surface area (Å²) in [5.74, 6) is 0.398. The van der Waals surface area contributed by atoms with Gasteiger partial charge in [0.25, 0.3) is 5.91 Å². The summed E-state index contributed by atoms with van der Waals surface area (Å²) in [5, 5.41) is 2.95. The second kappa shape index (κ2) is 12.9. The summed E-state index contributed by atoms with van der Waals surface area (Å²) < 4.78 is 0. The lowest BCUT2D eigenvalue weighted by Crippen LogP contribution is -2.28. The lowest BCUT2D eigenvalue weighted by molar-refractivity contribution is 0.0787. The molecule has 1 aliphatic rings. The third-order valence-electron chi connectivity index (χ3n) is 7.89. The smallest absolute Gasteiger partial charge is 0.273 e. The van der Waals surface area contributed by atoms with Crippen LogP contribution in [0.5, 0.6) is 0 Å². The molecule has 4 nitrogen and oxygen atoms in total. The second-order valence-electron chi connectivity index (χ2n) is 11.9. The van der Waals surface area contributed by atoms with E-state index in [1.165, 1.54) is 22.3 Å². The molecule has 0 saturated carbocycles.